The molecule has 0 aliphatic carbocycles. The maximum absolute atomic E-state index is 4.68. The molecule has 4 heterocycles. The number of para-hydroxylation sites is 3. The van der Waals surface area contributed by atoms with E-state index in [1.54, 1.807) is 0 Å². The molecular weight excluding hydrogens is 698 g/mol. The van der Waals surface area contributed by atoms with Gasteiger partial charge in [-0.15, -0.1) is 0 Å². The number of hydrogen-bond acceptors (Lipinski definition) is 2. The van der Waals surface area contributed by atoms with Crippen molar-refractivity contribution in [2.24, 2.45) is 0 Å². The zero-order chi connectivity index (χ0) is 26.9. The van der Waals surface area contributed by atoms with Gasteiger partial charge in [-0.3, -0.25) is 9.61 Å². The molecule has 0 aliphatic rings. The molecule has 0 fully saturated rings. The number of fused-ring (bicyclic) bond motifs is 9. The third-order valence-electron chi connectivity index (χ3n) is 8.12. The molecule has 0 atom stereocenters. The minimum absolute atomic E-state index is 0. The Hall–Kier alpha value is -4.99. The van der Waals surface area contributed by atoms with Crippen LogP contribution in [0.3, 0.4) is 0 Å². The van der Waals surface area contributed by atoms with Gasteiger partial charge >= 0.3 is 0 Å². The van der Waals surface area contributed by atoms with Crippen molar-refractivity contribution in [2.45, 2.75) is 0 Å². The Labute approximate surface area is 255 Å². The number of rotatable bonds is 3. The topological polar surface area (TPSA) is 40.0 Å². The van der Waals surface area contributed by atoms with Crippen molar-refractivity contribution in [1.29, 1.82) is 0 Å². The first kappa shape index (κ1) is 24.8. The van der Waals surface area contributed by atoms with E-state index in [2.05, 4.69) is 130 Å². The second kappa shape index (κ2) is 9.54. The summed E-state index contributed by atoms with van der Waals surface area (Å²) >= 11 is 0. The average molecular weight is 720 g/mol. The summed E-state index contributed by atoms with van der Waals surface area (Å²) in [5.41, 5.74) is 9.78. The Bertz CT molecular complexity index is 2420. The Morgan fingerprint density at radius 2 is 1.17 bits per heavy atom. The van der Waals surface area contributed by atoms with E-state index in [0.29, 0.717) is 0 Å². The van der Waals surface area contributed by atoms with Gasteiger partial charge in [0.1, 0.15) is 0 Å². The average Bonchev–Trinajstić information content (AvgIpc) is 3.78. The third-order valence-corrected chi connectivity index (χ3v) is 8.12. The summed E-state index contributed by atoms with van der Waals surface area (Å²) < 4.78 is 6.26. The summed E-state index contributed by atoms with van der Waals surface area (Å²) in [5.74, 6) is 0. The maximum atomic E-state index is 4.68. The van der Waals surface area contributed by atoms with Crippen molar-refractivity contribution in [2.75, 3.05) is 0 Å². The summed E-state index contributed by atoms with van der Waals surface area (Å²) in [6.45, 7) is 0. The standard InChI is InChI=1S/C36H22N5.Pt/c1-3-9-26(10-4-1)39-32-14-8-7-13-28(32)30-21-25(16-18-33(30)39)24-15-17-29-31(22-24)36-35(41-34(29)19-20-37-41)23-38-40(36)27-11-5-2-6-12-27;/h1-22H;/q-1;. The van der Waals surface area contributed by atoms with Crippen LogP contribution in [-0.2, 0) is 21.1 Å². The number of aromatic nitrogens is 5. The largest absolute Gasteiger partial charge is 0.329 e. The van der Waals surface area contributed by atoms with Crippen LogP contribution in [0.2, 0.25) is 0 Å². The predicted molar refractivity (Wildman–Crippen MR) is 166 cm³/mol. The zero-order valence-electron chi connectivity index (χ0n) is 22.3. The van der Waals surface area contributed by atoms with Gasteiger partial charge in [0, 0.05) is 49.4 Å². The first-order valence-electron chi connectivity index (χ1n) is 13.7. The van der Waals surface area contributed by atoms with Gasteiger partial charge in [-0.2, -0.15) is 5.10 Å². The van der Waals surface area contributed by atoms with Crippen LogP contribution in [0.25, 0.3) is 71.6 Å². The van der Waals surface area contributed by atoms with Crippen molar-refractivity contribution in [3.8, 4) is 22.5 Å². The summed E-state index contributed by atoms with van der Waals surface area (Å²) in [5, 5.41) is 14.0. The molecule has 0 amide bonds. The third kappa shape index (κ3) is 3.54. The van der Waals surface area contributed by atoms with Gasteiger partial charge in [0.2, 0.25) is 0 Å². The van der Waals surface area contributed by atoms with Crippen LogP contribution >= 0.6 is 0 Å². The van der Waals surface area contributed by atoms with Crippen LogP contribution in [0, 0.1) is 6.20 Å². The Kier molecular flexibility index (Phi) is 5.63. The van der Waals surface area contributed by atoms with Crippen molar-refractivity contribution in [3.63, 3.8) is 0 Å². The van der Waals surface area contributed by atoms with Gasteiger partial charge in [-0.1, -0.05) is 101 Å². The molecule has 5 aromatic carbocycles. The molecule has 9 aromatic rings. The summed E-state index contributed by atoms with van der Waals surface area (Å²) in [7, 11) is 0. The van der Waals surface area contributed by atoms with Gasteiger partial charge in [0.25, 0.3) is 0 Å². The summed E-state index contributed by atoms with van der Waals surface area (Å²) in [6.07, 6.45) is 5.08. The van der Waals surface area contributed by atoms with Crippen molar-refractivity contribution < 1.29 is 21.1 Å². The first-order chi connectivity index (χ1) is 20.3. The molecule has 9 rings (SSSR count). The Morgan fingerprint density at radius 3 is 1.98 bits per heavy atom. The van der Waals surface area contributed by atoms with E-state index in [1.807, 2.05) is 33.6 Å². The second-order valence-electron chi connectivity index (χ2n) is 10.4. The minimum atomic E-state index is 0. The molecule has 6 heteroatoms. The predicted octanol–water partition coefficient (Wildman–Crippen LogP) is 8.39. The number of benzene rings is 5. The Morgan fingerprint density at radius 1 is 0.524 bits per heavy atom. The van der Waals surface area contributed by atoms with Crippen molar-refractivity contribution in [1.82, 2.24) is 24.0 Å². The van der Waals surface area contributed by atoms with Crippen LogP contribution in [0.4, 0.5) is 0 Å². The van der Waals surface area contributed by atoms with E-state index in [0.717, 1.165) is 44.3 Å². The van der Waals surface area contributed by atoms with Gasteiger partial charge in [0.05, 0.1) is 16.6 Å². The van der Waals surface area contributed by atoms with E-state index in [1.165, 1.54) is 27.4 Å². The van der Waals surface area contributed by atoms with Gasteiger partial charge in [-0.25, -0.2) is 0 Å². The monoisotopic (exact) mass is 719 g/mol. The molecule has 42 heavy (non-hydrogen) atoms. The number of nitrogens with zero attached hydrogens (tertiary/aromatic N) is 5. The first-order valence-corrected chi connectivity index (χ1v) is 13.7. The number of hydrogen-bond donors (Lipinski definition) is 0. The normalized spacial score (nSPS) is 11.6. The minimum Gasteiger partial charge on any atom is -0.329 e. The fourth-order valence-electron chi connectivity index (χ4n) is 6.28. The fourth-order valence-corrected chi connectivity index (χ4v) is 6.28. The second-order valence-corrected chi connectivity index (χ2v) is 10.4. The quantitative estimate of drug-likeness (QED) is 0.172. The van der Waals surface area contributed by atoms with E-state index in [9.17, 15) is 0 Å². The molecule has 0 saturated heterocycles. The van der Waals surface area contributed by atoms with Crippen molar-refractivity contribution in [3.05, 3.63) is 140 Å². The molecule has 0 N–H and O–H groups in total. The summed E-state index contributed by atoms with van der Waals surface area (Å²) in [4.78, 5) is 0. The van der Waals surface area contributed by atoms with E-state index >= 15 is 0 Å². The molecule has 0 unspecified atom stereocenters. The molecule has 0 bridgehead atoms. The van der Waals surface area contributed by atoms with E-state index in [-0.39, 0.29) is 21.1 Å². The molecule has 0 radical (unpaired) electrons. The maximum Gasteiger partial charge on any atom is 0.0697 e. The van der Waals surface area contributed by atoms with Gasteiger partial charge in [0.15, 0.2) is 0 Å². The SMILES string of the molecule is [Pt].[c-]1nn(-c2ccccc2)c2c3cc(-c4ccc5c(c4)c4ccccc4n5-c4ccccc4)ccc3c3ccnn3c12. The molecule has 0 saturated carbocycles. The molecule has 0 spiro atoms. The fraction of sp³-hybridized carbons (Fsp3) is 0. The van der Waals surface area contributed by atoms with Crippen LogP contribution in [0.1, 0.15) is 0 Å². The van der Waals surface area contributed by atoms with Crippen LogP contribution in [-0.4, -0.2) is 24.0 Å². The molecule has 4 aromatic heterocycles. The van der Waals surface area contributed by atoms with E-state index in [4.69, 9.17) is 0 Å². The van der Waals surface area contributed by atoms with Crippen LogP contribution in [0.5, 0.6) is 0 Å². The van der Waals surface area contributed by atoms with Gasteiger partial charge < -0.3 is 9.25 Å². The molecule has 202 valence electrons. The smallest absolute Gasteiger partial charge is 0.0697 e. The van der Waals surface area contributed by atoms with Gasteiger partial charge in [-0.05, 0) is 65.0 Å². The molecule has 0 aliphatic heterocycles. The molecular formula is C36H22N5Pt-. The number of pyridine rings is 1. The van der Waals surface area contributed by atoms with E-state index < -0.39 is 0 Å². The van der Waals surface area contributed by atoms with Crippen molar-refractivity contribution >= 4 is 49.1 Å². The molecule has 5 nitrogen and oxygen atoms in total. The van der Waals surface area contributed by atoms with Crippen LogP contribution < -0.4 is 0 Å². The Balaban J connectivity index is 0.00000267. The van der Waals surface area contributed by atoms with Crippen LogP contribution in [0.15, 0.2) is 134 Å². The summed E-state index contributed by atoms with van der Waals surface area (Å²) in [6, 6.07) is 45.0. The zero-order valence-corrected chi connectivity index (χ0v) is 24.5.